The fourth-order valence-electron chi connectivity index (χ4n) is 2.15. The van der Waals surface area contributed by atoms with Crippen LogP contribution >= 0.6 is 15.9 Å². The van der Waals surface area contributed by atoms with Crippen LogP contribution in [0.25, 0.3) is 0 Å². The lowest BCUT2D eigenvalue weighted by atomic mass is 9.91. The Morgan fingerprint density at radius 2 is 2.19 bits per heavy atom. The molecule has 1 fully saturated rings. The molecule has 0 aromatic heterocycles. The summed E-state index contributed by atoms with van der Waals surface area (Å²) < 4.78 is 16.4. The van der Waals surface area contributed by atoms with Gasteiger partial charge in [-0.3, -0.25) is 10.1 Å². The largest absolute Gasteiger partial charge is 0.481 e. The zero-order valence-corrected chi connectivity index (χ0v) is 13.5. The van der Waals surface area contributed by atoms with Crippen molar-refractivity contribution >= 4 is 21.6 Å². The molecule has 3 unspecified atom stereocenters. The third kappa shape index (κ3) is 3.93. The minimum absolute atomic E-state index is 0.0192. The molecule has 7 heteroatoms. The minimum atomic E-state index is -0.431. The van der Waals surface area contributed by atoms with Gasteiger partial charge in [-0.1, -0.05) is 22.0 Å². The molecular weight excluding hydrogens is 342 g/mol. The van der Waals surface area contributed by atoms with E-state index in [1.165, 1.54) is 6.07 Å². The van der Waals surface area contributed by atoms with Gasteiger partial charge in [0.1, 0.15) is 12.2 Å². The number of aryl methyl sites for hydroxylation is 1. The SMILES string of the molecule is COCCOC1C(Br)CC1Oc1cc(C)ccc1[N+](=O)[O-]. The van der Waals surface area contributed by atoms with E-state index >= 15 is 0 Å². The average Bonchev–Trinajstić information content (AvgIpc) is 2.43. The first kappa shape index (κ1) is 16.2. The third-order valence-electron chi connectivity index (χ3n) is 3.37. The van der Waals surface area contributed by atoms with Crippen LogP contribution in [0.1, 0.15) is 12.0 Å². The second kappa shape index (κ2) is 7.20. The summed E-state index contributed by atoms with van der Waals surface area (Å²) in [4.78, 5) is 10.8. The van der Waals surface area contributed by atoms with Crippen molar-refractivity contribution in [2.75, 3.05) is 20.3 Å². The van der Waals surface area contributed by atoms with Gasteiger partial charge in [0, 0.05) is 24.4 Å². The number of halogens is 1. The van der Waals surface area contributed by atoms with E-state index in [0.29, 0.717) is 19.0 Å². The van der Waals surface area contributed by atoms with Gasteiger partial charge in [-0.2, -0.15) is 0 Å². The maximum atomic E-state index is 11.0. The predicted octanol–water partition coefficient (Wildman–Crippen LogP) is 2.85. The van der Waals surface area contributed by atoms with Crippen molar-refractivity contribution in [1.82, 2.24) is 0 Å². The molecule has 1 aliphatic rings. The number of benzene rings is 1. The van der Waals surface area contributed by atoms with Crippen LogP contribution in [0.3, 0.4) is 0 Å². The van der Waals surface area contributed by atoms with E-state index in [1.54, 1.807) is 19.2 Å². The normalized spacial score (nSPS) is 24.4. The van der Waals surface area contributed by atoms with Crippen LogP contribution < -0.4 is 4.74 Å². The zero-order valence-electron chi connectivity index (χ0n) is 12.0. The molecule has 0 aliphatic heterocycles. The van der Waals surface area contributed by atoms with Crippen molar-refractivity contribution in [3.8, 4) is 5.75 Å². The Bertz CT molecular complexity index is 510. The van der Waals surface area contributed by atoms with Crippen molar-refractivity contribution in [1.29, 1.82) is 0 Å². The number of nitrogens with zero attached hydrogens (tertiary/aromatic N) is 1. The molecule has 3 atom stereocenters. The Hall–Kier alpha value is -1.18. The van der Waals surface area contributed by atoms with Crippen molar-refractivity contribution < 1.29 is 19.1 Å². The molecule has 0 bridgehead atoms. The fraction of sp³-hybridized carbons (Fsp3) is 0.571. The van der Waals surface area contributed by atoms with Gasteiger partial charge in [0.25, 0.3) is 0 Å². The second-order valence-corrected chi connectivity index (χ2v) is 6.14. The number of hydrogen-bond donors (Lipinski definition) is 0. The predicted molar refractivity (Wildman–Crippen MR) is 81.2 cm³/mol. The van der Waals surface area contributed by atoms with E-state index in [-0.39, 0.29) is 22.7 Å². The molecule has 1 aromatic rings. The van der Waals surface area contributed by atoms with E-state index in [9.17, 15) is 10.1 Å². The van der Waals surface area contributed by atoms with Crippen LogP contribution in [-0.2, 0) is 9.47 Å². The number of nitro groups is 1. The summed E-state index contributed by atoms with van der Waals surface area (Å²) in [6.07, 6.45) is 0.440. The number of alkyl halides is 1. The first-order valence-corrected chi connectivity index (χ1v) is 7.60. The van der Waals surface area contributed by atoms with E-state index in [1.807, 2.05) is 6.92 Å². The molecule has 1 aromatic carbocycles. The van der Waals surface area contributed by atoms with Crippen molar-refractivity contribution in [2.24, 2.45) is 0 Å². The lowest BCUT2D eigenvalue weighted by Gasteiger charge is -2.40. The summed E-state index contributed by atoms with van der Waals surface area (Å²) >= 11 is 3.51. The molecule has 0 amide bonds. The van der Waals surface area contributed by atoms with Gasteiger partial charge >= 0.3 is 5.69 Å². The van der Waals surface area contributed by atoms with E-state index in [4.69, 9.17) is 14.2 Å². The zero-order chi connectivity index (χ0) is 15.4. The third-order valence-corrected chi connectivity index (χ3v) is 4.26. The molecule has 0 spiro atoms. The smallest absolute Gasteiger partial charge is 0.310 e. The van der Waals surface area contributed by atoms with E-state index in [0.717, 1.165) is 12.0 Å². The highest BCUT2D eigenvalue weighted by molar-refractivity contribution is 9.09. The lowest BCUT2D eigenvalue weighted by molar-refractivity contribution is -0.386. The highest BCUT2D eigenvalue weighted by Crippen LogP contribution is 2.37. The van der Waals surface area contributed by atoms with Crippen LogP contribution in [0.5, 0.6) is 5.75 Å². The topological polar surface area (TPSA) is 70.8 Å². The quantitative estimate of drug-likeness (QED) is 0.324. The number of ether oxygens (including phenoxy) is 3. The number of nitro benzene ring substituents is 1. The summed E-state index contributed by atoms with van der Waals surface area (Å²) in [7, 11) is 1.61. The summed E-state index contributed by atoms with van der Waals surface area (Å²) in [5.41, 5.74) is 0.899. The highest BCUT2D eigenvalue weighted by Gasteiger charge is 2.43. The second-order valence-electron chi connectivity index (χ2n) is 4.96. The van der Waals surface area contributed by atoms with Crippen LogP contribution in [0, 0.1) is 17.0 Å². The minimum Gasteiger partial charge on any atom is -0.481 e. The van der Waals surface area contributed by atoms with Crippen LogP contribution in [0.4, 0.5) is 5.69 Å². The Kier molecular flexibility index (Phi) is 5.55. The molecule has 1 aliphatic carbocycles. The van der Waals surface area contributed by atoms with Gasteiger partial charge in [0.05, 0.1) is 18.1 Å². The van der Waals surface area contributed by atoms with Gasteiger partial charge in [-0.25, -0.2) is 0 Å². The molecule has 0 saturated heterocycles. The number of hydrogen-bond acceptors (Lipinski definition) is 5. The first-order valence-electron chi connectivity index (χ1n) is 6.69. The summed E-state index contributed by atoms with van der Waals surface area (Å²) in [6, 6.07) is 4.85. The maximum Gasteiger partial charge on any atom is 0.310 e. The Balaban J connectivity index is 2.04. The standard InChI is InChI=1S/C14H18BrNO5/c1-9-3-4-11(16(17)18)12(7-9)21-13-8-10(15)14(13)20-6-5-19-2/h3-4,7,10,13-14H,5-6,8H2,1-2H3. The monoisotopic (exact) mass is 359 g/mol. The Labute approximate surface area is 131 Å². The van der Waals surface area contributed by atoms with Crippen molar-refractivity contribution in [3.05, 3.63) is 33.9 Å². The summed E-state index contributed by atoms with van der Waals surface area (Å²) in [6.45, 7) is 2.85. The summed E-state index contributed by atoms with van der Waals surface area (Å²) in [5, 5.41) is 11.0. The van der Waals surface area contributed by atoms with E-state index in [2.05, 4.69) is 15.9 Å². The molecule has 6 nitrogen and oxygen atoms in total. The van der Waals surface area contributed by atoms with Crippen molar-refractivity contribution in [2.45, 2.75) is 30.4 Å². The molecule has 116 valence electrons. The maximum absolute atomic E-state index is 11.0. The van der Waals surface area contributed by atoms with Gasteiger partial charge in [-0.05, 0) is 18.6 Å². The average molecular weight is 360 g/mol. The Morgan fingerprint density at radius 3 is 2.81 bits per heavy atom. The first-order chi connectivity index (χ1) is 10.0. The molecule has 0 heterocycles. The molecular formula is C14H18BrNO5. The fourth-order valence-corrected chi connectivity index (χ4v) is 3.01. The molecule has 0 N–H and O–H groups in total. The van der Waals surface area contributed by atoms with Crippen molar-refractivity contribution in [3.63, 3.8) is 0 Å². The Morgan fingerprint density at radius 1 is 1.43 bits per heavy atom. The van der Waals surface area contributed by atoms with Crippen LogP contribution in [0.15, 0.2) is 18.2 Å². The van der Waals surface area contributed by atoms with Gasteiger partial charge in [0.15, 0.2) is 5.75 Å². The molecule has 0 radical (unpaired) electrons. The molecule has 1 saturated carbocycles. The van der Waals surface area contributed by atoms with Crippen LogP contribution in [0.2, 0.25) is 0 Å². The number of methoxy groups -OCH3 is 1. The lowest BCUT2D eigenvalue weighted by Crippen LogP contribution is -2.52. The van der Waals surface area contributed by atoms with Crippen LogP contribution in [-0.4, -0.2) is 42.3 Å². The number of rotatable bonds is 7. The molecule has 2 rings (SSSR count). The van der Waals surface area contributed by atoms with Gasteiger partial charge < -0.3 is 14.2 Å². The highest BCUT2D eigenvalue weighted by atomic mass is 79.9. The van der Waals surface area contributed by atoms with Gasteiger partial charge in [0.2, 0.25) is 0 Å². The summed E-state index contributed by atoms with van der Waals surface area (Å²) in [5.74, 6) is 0.296. The van der Waals surface area contributed by atoms with E-state index < -0.39 is 4.92 Å². The molecule has 21 heavy (non-hydrogen) atoms. The van der Waals surface area contributed by atoms with Gasteiger partial charge in [-0.15, -0.1) is 0 Å².